The van der Waals surface area contributed by atoms with Crippen molar-refractivity contribution in [3.8, 4) is 0 Å². The summed E-state index contributed by atoms with van der Waals surface area (Å²) in [5.74, 6) is -0.971. The Kier molecular flexibility index (Phi) is 40.6. The Hall–Kier alpha value is -2.89. The Morgan fingerprint density at radius 3 is 1.33 bits per heavy atom. The van der Waals surface area contributed by atoms with Crippen molar-refractivity contribution in [1.82, 2.24) is 0 Å². The van der Waals surface area contributed by atoms with Crippen LogP contribution in [0.3, 0.4) is 0 Å². The topological polar surface area (TPSA) is 78.9 Å². The van der Waals surface area contributed by atoms with Gasteiger partial charge in [-0.3, -0.25) is 14.4 Å². The highest BCUT2D eigenvalue weighted by Crippen LogP contribution is 2.14. The van der Waals surface area contributed by atoms with Gasteiger partial charge in [0.15, 0.2) is 6.10 Å². The first kappa shape index (κ1) is 51.1. The van der Waals surface area contributed by atoms with Crippen LogP contribution in [-0.2, 0) is 28.6 Å². The van der Waals surface area contributed by atoms with E-state index in [1.807, 2.05) is 0 Å². The molecule has 1 unspecified atom stereocenters. The number of hydrogen-bond donors (Lipinski definition) is 0. The van der Waals surface area contributed by atoms with Crippen LogP contribution >= 0.6 is 0 Å². The smallest absolute Gasteiger partial charge is 0.306 e. The monoisotopic (exact) mass is 755 g/mol. The molecule has 0 radical (unpaired) electrons. The summed E-state index contributed by atoms with van der Waals surface area (Å²) in [6.07, 6.45) is 50.6. The molecule has 1 atom stereocenters. The molecule has 0 heterocycles. The van der Waals surface area contributed by atoms with Gasteiger partial charge in [0.2, 0.25) is 0 Å². The fourth-order valence-electron chi connectivity index (χ4n) is 5.90. The number of ether oxygens (including phenoxy) is 3. The van der Waals surface area contributed by atoms with E-state index in [-0.39, 0.29) is 37.5 Å². The third kappa shape index (κ3) is 40.3. The SMILES string of the molecule is CC/C=C\C/C=C\C/C=C\CCCCC(=O)OC(COC(=O)CCCCC/C=C\C=C/CCCC)COC(=O)CCCCCCCCCCCCCCC. The van der Waals surface area contributed by atoms with Gasteiger partial charge in [-0.1, -0.05) is 178 Å². The normalized spacial score (nSPS) is 12.6. The lowest BCUT2D eigenvalue weighted by Gasteiger charge is -2.18. The van der Waals surface area contributed by atoms with Crippen LogP contribution in [-0.4, -0.2) is 37.2 Å². The molecule has 0 spiro atoms. The molecule has 0 aromatic carbocycles. The standard InChI is InChI=1S/C48H82O6/c1-4-7-10-13-16-19-22-24-27-29-32-35-38-41-47(50)53-44-45(43-52-46(49)40-37-34-31-28-25-21-18-15-12-9-6-3)54-48(51)42-39-36-33-30-26-23-20-17-14-11-8-5-2/h8,11,15,17-18,20-21,25-26,30,45H,4-7,9-10,12-14,16,19,22-24,27-29,31-44H2,1-3H3/b11-8-,18-15-,20-17-,25-21-,30-26-. The molecule has 54 heavy (non-hydrogen) atoms. The van der Waals surface area contributed by atoms with Crippen molar-refractivity contribution < 1.29 is 28.6 Å². The summed E-state index contributed by atoms with van der Waals surface area (Å²) in [5.41, 5.74) is 0. The maximum absolute atomic E-state index is 12.7. The van der Waals surface area contributed by atoms with Gasteiger partial charge >= 0.3 is 17.9 Å². The van der Waals surface area contributed by atoms with Gasteiger partial charge in [0.25, 0.3) is 0 Å². The largest absolute Gasteiger partial charge is 0.462 e. The van der Waals surface area contributed by atoms with Gasteiger partial charge in [0.05, 0.1) is 0 Å². The zero-order valence-electron chi connectivity index (χ0n) is 35.2. The van der Waals surface area contributed by atoms with E-state index in [1.54, 1.807) is 0 Å². The summed E-state index contributed by atoms with van der Waals surface area (Å²) in [5, 5.41) is 0. The highest BCUT2D eigenvalue weighted by Gasteiger charge is 2.19. The van der Waals surface area contributed by atoms with Gasteiger partial charge in [-0.15, -0.1) is 0 Å². The van der Waals surface area contributed by atoms with Crippen molar-refractivity contribution in [2.24, 2.45) is 0 Å². The van der Waals surface area contributed by atoms with Crippen molar-refractivity contribution in [1.29, 1.82) is 0 Å². The van der Waals surface area contributed by atoms with E-state index in [9.17, 15) is 14.4 Å². The van der Waals surface area contributed by atoms with Crippen molar-refractivity contribution in [3.63, 3.8) is 0 Å². The van der Waals surface area contributed by atoms with Gasteiger partial charge in [0.1, 0.15) is 13.2 Å². The minimum Gasteiger partial charge on any atom is -0.462 e. The molecule has 0 aromatic heterocycles. The average molecular weight is 755 g/mol. The van der Waals surface area contributed by atoms with E-state index >= 15 is 0 Å². The Balaban J connectivity index is 4.46. The lowest BCUT2D eigenvalue weighted by atomic mass is 10.0. The van der Waals surface area contributed by atoms with E-state index < -0.39 is 6.10 Å². The van der Waals surface area contributed by atoms with Crippen LogP contribution in [0.2, 0.25) is 0 Å². The summed E-state index contributed by atoms with van der Waals surface area (Å²) in [6.45, 7) is 6.39. The van der Waals surface area contributed by atoms with Crippen LogP contribution in [0.5, 0.6) is 0 Å². The molecule has 0 aromatic rings. The first-order chi connectivity index (χ1) is 26.5. The van der Waals surface area contributed by atoms with Gasteiger partial charge in [-0.05, 0) is 70.6 Å². The van der Waals surface area contributed by atoms with E-state index in [2.05, 4.69) is 81.5 Å². The maximum atomic E-state index is 12.7. The molecule has 6 nitrogen and oxygen atoms in total. The number of rotatable bonds is 39. The number of allylic oxidation sites excluding steroid dienone is 10. The molecule has 0 amide bonds. The Morgan fingerprint density at radius 2 is 0.796 bits per heavy atom. The van der Waals surface area contributed by atoms with Crippen molar-refractivity contribution in [2.45, 2.75) is 213 Å². The quantitative estimate of drug-likeness (QED) is 0.0204. The number of unbranched alkanes of at least 4 members (excludes halogenated alkanes) is 19. The summed E-state index contributed by atoms with van der Waals surface area (Å²) in [7, 11) is 0. The predicted molar refractivity (Wildman–Crippen MR) is 228 cm³/mol. The highest BCUT2D eigenvalue weighted by atomic mass is 16.6. The van der Waals surface area contributed by atoms with E-state index in [0.29, 0.717) is 19.3 Å². The molecule has 310 valence electrons. The molecule has 0 saturated heterocycles. The molecular formula is C48H82O6. The van der Waals surface area contributed by atoms with E-state index in [1.165, 1.54) is 77.0 Å². The third-order valence-electron chi connectivity index (χ3n) is 9.28. The van der Waals surface area contributed by atoms with Crippen molar-refractivity contribution in [2.75, 3.05) is 13.2 Å². The molecule has 0 N–H and O–H groups in total. The number of esters is 3. The van der Waals surface area contributed by atoms with Crippen molar-refractivity contribution >= 4 is 17.9 Å². The second kappa shape index (κ2) is 42.8. The maximum Gasteiger partial charge on any atom is 0.306 e. The molecule has 0 bridgehead atoms. The van der Waals surface area contributed by atoms with Crippen LogP contribution in [0.1, 0.15) is 207 Å². The molecule has 0 aliphatic heterocycles. The summed E-state index contributed by atoms with van der Waals surface area (Å²) in [4.78, 5) is 37.6. The van der Waals surface area contributed by atoms with Crippen LogP contribution in [0.25, 0.3) is 0 Å². The zero-order valence-corrected chi connectivity index (χ0v) is 35.2. The molecule has 0 fully saturated rings. The second-order valence-electron chi connectivity index (χ2n) is 14.6. The molecule has 0 aliphatic rings. The van der Waals surface area contributed by atoms with Crippen LogP contribution in [0, 0.1) is 0 Å². The average Bonchev–Trinajstić information content (AvgIpc) is 3.17. The van der Waals surface area contributed by atoms with Crippen molar-refractivity contribution in [3.05, 3.63) is 60.8 Å². The van der Waals surface area contributed by atoms with Gasteiger partial charge in [0, 0.05) is 19.3 Å². The molecular weight excluding hydrogens is 673 g/mol. The predicted octanol–water partition coefficient (Wildman–Crippen LogP) is 14.1. The Morgan fingerprint density at radius 1 is 0.407 bits per heavy atom. The zero-order chi connectivity index (χ0) is 39.4. The number of carbonyl (C=O) groups excluding carboxylic acids is 3. The number of carbonyl (C=O) groups is 3. The first-order valence-electron chi connectivity index (χ1n) is 22.3. The van der Waals surface area contributed by atoms with Gasteiger partial charge in [-0.2, -0.15) is 0 Å². The first-order valence-corrected chi connectivity index (χ1v) is 22.3. The highest BCUT2D eigenvalue weighted by molar-refractivity contribution is 5.71. The fraction of sp³-hybridized carbons (Fsp3) is 0.729. The van der Waals surface area contributed by atoms with Crippen LogP contribution in [0.4, 0.5) is 0 Å². The Bertz CT molecular complexity index is 1010. The lowest BCUT2D eigenvalue weighted by molar-refractivity contribution is -0.167. The summed E-state index contributed by atoms with van der Waals surface area (Å²) < 4.78 is 16.6. The summed E-state index contributed by atoms with van der Waals surface area (Å²) >= 11 is 0. The summed E-state index contributed by atoms with van der Waals surface area (Å²) in [6, 6.07) is 0. The van der Waals surface area contributed by atoms with Crippen LogP contribution in [0.15, 0.2) is 60.8 Å². The van der Waals surface area contributed by atoms with Gasteiger partial charge < -0.3 is 14.2 Å². The number of hydrogen-bond acceptors (Lipinski definition) is 6. The molecule has 0 aliphatic carbocycles. The minimum atomic E-state index is -0.800. The van der Waals surface area contributed by atoms with Crippen LogP contribution < -0.4 is 0 Å². The third-order valence-corrected chi connectivity index (χ3v) is 9.28. The second-order valence-corrected chi connectivity index (χ2v) is 14.6. The lowest BCUT2D eigenvalue weighted by Crippen LogP contribution is -2.30. The van der Waals surface area contributed by atoms with E-state index in [0.717, 1.165) is 83.5 Å². The fourth-order valence-corrected chi connectivity index (χ4v) is 5.90. The van der Waals surface area contributed by atoms with Gasteiger partial charge in [-0.25, -0.2) is 0 Å². The minimum absolute atomic E-state index is 0.0972. The molecule has 0 rings (SSSR count). The molecule has 0 saturated carbocycles. The Labute approximate surface area is 332 Å². The molecule has 6 heteroatoms. The van der Waals surface area contributed by atoms with E-state index in [4.69, 9.17) is 14.2 Å².